The van der Waals surface area contributed by atoms with E-state index in [-0.39, 0.29) is 0 Å². The smallest absolute Gasteiger partial charge is 0.186 e. The van der Waals surface area contributed by atoms with Crippen LogP contribution in [0.15, 0.2) is 91.0 Å². The Balaban J connectivity index is 1.56. The van der Waals surface area contributed by atoms with E-state index in [0.717, 1.165) is 16.7 Å². The summed E-state index contributed by atoms with van der Waals surface area (Å²) < 4.78 is 44.5. The second kappa shape index (κ2) is 12.7. The Kier molecular flexibility index (Phi) is 9.19. The van der Waals surface area contributed by atoms with Crippen molar-refractivity contribution < 1.29 is 28.1 Å². The molecular weight excluding hydrogens is 435 g/mol. The minimum atomic E-state index is -0.842. The van der Waals surface area contributed by atoms with Gasteiger partial charge in [0.25, 0.3) is 0 Å². The minimum absolute atomic E-state index is 0.305. The highest BCUT2D eigenvalue weighted by molar-refractivity contribution is 5.15. The number of rotatable bonds is 11. The van der Waals surface area contributed by atoms with E-state index in [1.54, 1.807) is 0 Å². The number of hydrogen-bond acceptors (Lipinski definition) is 5. The molecule has 5 nitrogen and oxygen atoms in total. The molecule has 3 aromatic rings. The predicted octanol–water partition coefficient (Wildman–Crippen LogP) is 5.08. The quantitative estimate of drug-likeness (QED) is 0.394. The molecule has 4 rings (SSSR count). The summed E-state index contributed by atoms with van der Waals surface area (Å²) in [5.41, 5.74) is 2.99. The molecule has 0 radical (unpaired) electrons. The summed E-state index contributed by atoms with van der Waals surface area (Å²) in [4.78, 5) is 0. The maximum absolute atomic E-state index is 14.1. The third-order valence-electron chi connectivity index (χ3n) is 5.83. The molecule has 0 amide bonds. The summed E-state index contributed by atoms with van der Waals surface area (Å²) in [6, 6.07) is 29.4. The number of halogens is 1. The van der Waals surface area contributed by atoms with E-state index in [2.05, 4.69) is 0 Å². The lowest BCUT2D eigenvalue weighted by atomic mass is 9.98. The van der Waals surface area contributed by atoms with Gasteiger partial charge >= 0.3 is 0 Å². The van der Waals surface area contributed by atoms with E-state index in [0.29, 0.717) is 19.8 Å². The molecule has 34 heavy (non-hydrogen) atoms. The molecule has 0 saturated carbocycles. The van der Waals surface area contributed by atoms with Gasteiger partial charge in [-0.25, -0.2) is 4.39 Å². The van der Waals surface area contributed by atoms with Crippen molar-refractivity contribution in [2.24, 2.45) is 0 Å². The molecule has 0 N–H and O–H groups in total. The zero-order chi connectivity index (χ0) is 23.6. The molecule has 0 unspecified atom stereocenters. The van der Waals surface area contributed by atoms with Crippen molar-refractivity contribution >= 4 is 0 Å². The Labute approximate surface area is 200 Å². The van der Waals surface area contributed by atoms with Crippen LogP contribution in [0.5, 0.6) is 0 Å². The lowest BCUT2D eigenvalue weighted by Crippen LogP contribution is -2.61. The predicted molar refractivity (Wildman–Crippen MR) is 127 cm³/mol. The first-order chi connectivity index (χ1) is 16.8. The van der Waals surface area contributed by atoms with Gasteiger partial charge in [0.05, 0.1) is 19.8 Å². The maximum atomic E-state index is 14.1. The molecule has 0 spiro atoms. The Morgan fingerprint density at radius 2 is 1.03 bits per heavy atom. The lowest BCUT2D eigenvalue weighted by Gasteiger charge is -2.44. The Morgan fingerprint density at radius 3 is 1.44 bits per heavy atom. The van der Waals surface area contributed by atoms with Crippen molar-refractivity contribution in [3.05, 3.63) is 108 Å². The largest absolute Gasteiger partial charge is 0.368 e. The standard InChI is InChI=1S/C28H31FO5/c1-30-28-27(33-20-23-15-9-4-10-16-23)26(32-19-22-13-7-3-8-14-22)25(24(17-29)34-28)31-18-21-11-5-2-6-12-21/h2-16,24-28H,17-20H2,1H3/t24-,25-,26+,27-,28+/m1/s1. The summed E-state index contributed by atoms with van der Waals surface area (Å²) in [6.07, 6.45) is -3.53. The van der Waals surface area contributed by atoms with E-state index in [4.69, 9.17) is 23.7 Å². The highest BCUT2D eigenvalue weighted by Gasteiger charge is 2.48. The number of alkyl halides is 1. The van der Waals surface area contributed by atoms with Gasteiger partial charge in [0.2, 0.25) is 0 Å². The van der Waals surface area contributed by atoms with E-state index in [1.165, 1.54) is 7.11 Å². The van der Waals surface area contributed by atoms with Crippen molar-refractivity contribution in [3.8, 4) is 0 Å². The zero-order valence-electron chi connectivity index (χ0n) is 19.3. The molecule has 0 aromatic heterocycles. The van der Waals surface area contributed by atoms with Gasteiger partial charge in [0, 0.05) is 7.11 Å². The summed E-state index contributed by atoms with van der Waals surface area (Å²) in [7, 11) is 1.53. The van der Waals surface area contributed by atoms with E-state index >= 15 is 0 Å². The first-order valence-electron chi connectivity index (χ1n) is 11.5. The number of ether oxygens (including phenoxy) is 5. The van der Waals surface area contributed by atoms with Gasteiger partial charge in [-0.1, -0.05) is 91.0 Å². The molecule has 5 atom stereocenters. The van der Waals surface area contributed by atoms with Gasteiger partial charge in [-0.15, -0.1) is 0 Å². The lowest BCUT2D eigenvalue weighted by molar-refractivity contribution is -0.319. The summed E-state index contributed by atoms with van der Waals surface area (Å²) in [5, 5.41) is 0. The van der Waals surface area contributed by atoms with Crippen molar-refractivity contribution in [2.75, 3.05) is 13.8 Å². The van der Waals surface area contributed by atoms with Crippen LogP contribution >= 0.6 is 0 Å². The topological polar surface area (TPSA) is 46.2 Å². The van der Waals surface area contributed by atoms with Crippen molar-refractivity contribution in [1.82, 2.24) is 0 Å². The van der Waals surface area contributed by atoms with E-state index in [9.17, 15) is 4.39 Å². The van der Waals surface area contributed by atoms with Gasteiger partial charge in [-0.2, -0.15) is 0 Å². The average Bonchev–Trinajstić information content (AvgIpc) is 2.91. The average molecular weight is 467 g/mol. The van der Waals surface area contributed by atoms with Gasteiger partial charge in [-0.3, -0.25) is 0 Å². The van der Waals surface area contributed by atoms with E-state index in [1.807, 2.05) is 91.0 Å². The molecular formula is C28H31FO5. The molecule has 1 aliphatic heterocycles. The molecule has 180 valence electrons. The third-order valence-corrected chi connectivity index (χ3v) is 5.83. The number of hydrogen-bond donors (Lipinski definition) is 0. The first-order valence-corrected chi connectivity index (χ1v) is 11.5. The van der Waals surface area contributed by atoms with Gasteiger partial charge in [-0.05, 0) is 16.7 Å². The molecule has 1 aliphatic rings. The fourth-order valence-corrected chi connectivity index (χ4v) is 4.06. The van der Waals surface area contributed by atoms with Crippen molar-refractivity contribution in [3.63, 3.8) is 0 Å². The van der Waals surface area contributed by atoms with Gasteiger partial charge < -0.3 is 23.7 Å². The van der Waals surface area contributed by atoms with Crippen LogP contribution < -0.4 is 0 Å². The van der Waals surface area contributed by atoms with E-state index < -0.39 is 37.4 Å². The first kappa shape index (κ1) is 24.5. The van der Waals surface area contributed by atoms with Crippen LogP contribution in [0.2, 0.25) is 0 Å². The monoisotopic (exact) mass is 466 g/mol. The van der Waals surface area contributed by atoms with Crippen LogP contribution in [0.4, 0.5) is 4.39 Å². The molecule has 0 bridgehead atoms. The second-order valence-electron chi connectivity index (χ2n) is 8.22. The number of benzene rings is 3. The Hall–Kier alpha value is -2.61. The molecule has 1 heterocycles. The zero-order valence-corrected chi connectivity index (χ0v) is 19.3. The molecule has 6 heteroatoms. The molecule has 3 aromatic carbocycles. The molecule has 1 fully saturated rings. The SMILES string of the molecule is CO[C@H]1O[C@H](CF)[C@@H](OCc2ccccc2)[C@H](OCc2ccccc2)[C@H]1OCc1ccccc1. The number of methoxy groups -OCH3 is 1. The van der Waals surface area contributed by atoms with Crippen molar-refractivity contribution in [1.29, 1.82) is 0 Å². The summed E-state index contributed by atoms with van der Waals surface area (Å²) >= 11 is 0. The van der Waals surface area contributed by atoms with Gasteiger partial charge in [0.1, 0.15) is 31.1 Å². The third kappa shape index (κ3) is 6.50. The fraction of sp³-hybridized carbons (Fsp3) is 0.357. The highest BCUT2D eigenvalue weighted by Crippen LogP contribution is 2.31. The van der Waals surface area contributed by atoms with Crippen LogP contribution in [0.1, 0.15) is 16.7 Å². The maximum Gasteiger partial charge on any atom is 0.186 e. The molecule has 1 saturated heterocycles. The highest BCUT2D eigenvalue weighted by atomic mass is 19.1. The molecule has 0 aliphatic carbocycles. The summed E-state index contributed by atoms with van der Waals surface area (Å²) in [6.45, 7) is 0.249. The van der Waals surface area contributed by atoms with Gasteiger partial charge in [0.15, 0.2) is 6.29 Å². The van der Waals surface area contributed by atoms with Crippen LogP contribution in [-0.2, 0) is 43.5 Å². The summed E-state index contributed by atoms with van der Waals surface area (Å²) in [5.74, 6) is 0. The second-order valence-corrected chi connectivity index (χ2v) is 8.22. The Morgan fingerprint density at radius 1 is 0.618 bits per heavy atom. The minimum Gasteiger partial charge on any atom is -0.368 e. The van der Waals surface area contributed by atoms with Crippen LogP contribution in [0, 0.1) is 0 Å². The van der Waals surface area contributed by atoms with Crippen LogP contribution in [0.3, 0.4) is 0 Å². The normalized spacial score (nSPS) is 24.7. The Bertz CT molecular complexity index is 899. The fourth-order valence-electron chi connectivity index (χ4n) is 4.06. The van der Waals surface area contributed by atoms with Crippen LogP contribution in [-0.4, -0.2) is 44.5 Å². The van der Waals surface area contributed by atoms with Crippen LogP contribution in [0.25, 0.3) is 0 Å². The van der Waals surface area contributed by atoms with Crippen molar-refractivity contribution in [2.45, 2.75) is 50.5 Å².